The van der Waals surface area contributed by atoms with E-state index in [4.69, 9.17) is 70.8 Å². The summed E-state index contributed by atoms with van der Waals surface area (Å²) in [6, 6.07) is 0. The molecule has 0 heterocycles. The molecule has 0 unspecified atom stereocenters. The third-order valence-corrected chi connectivity index (χ3v) is 0. The molecule has 0 spiro atoms. The minimum Gasteiger partial charge on any atom is 2.00 e. The number of hydrogen-bond donors (Lipinski definition) is 0. The molecule has 0 aromatic rings. The van der Waals surface area contributed by atoms with Crippen molar-refractivity contribution in [2.75, 3.05) is 0 Å². The van der Waals surface area contributed by atoms with Crippen molar-refractivity contribution in [3.05, 3.63) is 0 Å². The van der Waals surface area contributed by atoms with E-state index in [2.05, 4.69) is 0 Å². The van der Waals surface area contributed by atoms with E-state index in [0.29, 0.717) is 0 Å². The predicted molar refractivity (Wildman–Crippen MR) is 15.4 cm³/mol. The Morgan fingerprint density at radius 1 is 0.267 bits per heavy atom. The Labute approximate surface area is 264 Å². The average Bonchev–Trinajstić information content (AvgIpc) is 2.20. The minimum atomic E-state index is -4.20. The quantitative estimate of drug-likeness (QED) is 0.203. The van der Waals surface area contributed by atoms with Crippen LogP contribution in [0.4, 0.5) is 0 Å². The summed E-state index contributed by atoms with van der Waals surface area (Å²) in [5, 5.41) is 0. The average molecular weight is 1250 g/mol. The molecule has 0 aliphatic carbocycles. The molecule has 21 nitrogen and oxygen atoms in total. The van der Waals surface area contributed by atoms with Gasteiger partial charge in [0.2, 0.25) is 0 Å². The van der Waals surface area contributed by atoms with Crippen LogP contribution in [0.2, 0.25) is 0 Å². The molecule has 0 aliphatic heterocycles. The number of hydrogen-bond acceptors (Lipinski definition) is 21. The van der Waals surface area contributed by atoms with Gasteiger partial charge >= 0.3 is 270 Å². The molecule has 0 radical (unpaired) electrons. The van der Waals surface area contributed by atoms with Gasteiger partial charge in [0.15, 0.2) is 0 Å². The SMILES string of the molecule is [O]=[Nb](=[O])[O-].[O]=[Nb](=[O])[O-].[O]=[Nb](=[O])[O-].[O]=[Nb](=[O])[O-].[O]=[Nb](=[O])[O-].[O]=[Nb](=[O])[O-].[O]=[Nb](=[O])[O-].[Sr+2].[Ta+5]. The van der Waals surface area contributed by atoms with Crippen molar-refractivity contribution in [1.82, 2.24) is 0 Å². The van der Waals surface area contributed by atoms with Crippen LogP contribution < -0.4 is 25.3 Å². The van der Waals surface area contributed by atoms with Gasteiger partial charge in [-0.1, -0.05) is 0 Å². The maximum absolute atomic E-state index is 8.60. The first-order valence-electron chi connectivity index (χ1n) is 3.83. The molecular formula is Nb7O21SrTa. The summed E-state index contributed by atoms with van der Waals surface area (Å²) in [6.07, 6.45) is 0. The topological polar surface area (TPSA) is 400 Å². The van der Waals surface area contributed by atoms with Crippen molar-refractivity contribution in [2.24, 2.45) is 0 Å². The van der Waals surface area contributed by atoms with Crippen LogP contribution in [-0.4, -0.2) is 45.5 Å². The molecule has 30 heteroatoms. The molecule has 0 rings (SSSR count). The van der Waals surface area contributed by atoms with Crippen molar-refractivity contribution in [3.8, 4) is 0 Å². The van der Waals surface area contributed by atoms with Gasteiger partial charge in [0.25, 0.3) is 0 Å². The maximum atomic E-state index is 8.60. The second kappa shape index (κ2) is 54.3. The van der Waals surface area contributed by atoms with Crippen molar-refractivity contribution in [1.29, 1.82) is 0 Å². The normalized spacial score (nSPS) is 5.83. The molecule has 0 atom stereocenters. The molecule has 0 amide bonds. The van der Waals surface area contributed by atoms with Gasteiger partial charge in [-0.15, -0.1) is 0 Å². The second-order valence-electron chi connectivity index (χ2n) is 1.57. The number of rotatable bonds is 0. The van der Waals surface area contributed by atoms with E-state index in [1.807, 2.05) is 0 Å². The van der Waals surface area contributed by atoms with Gasteiger partial charge in [-0.3, -0.25) is 0 Å². The van der Waals surface area contributed by atoms with E-state index in [9.17, 15) is 0 Å². The second-order valence-corrected chi connectivity index (χ2v) is 9.26. The van der Waals surface area contributed by atoms with Crippen LogP contribution in [0.25, 0.3) is 0 Å². The zero-order chi connectivity index (χ0) is 25.0. The Bertz CT molecular complexity index is 571. The van der Waals surface area contributed by atoms with Gasteiger partial charge in [-0.05, 0) is 0 Å². The van der Waals surface area contributed by atoms with Crippen LogP contribution in [0.3, 0.4) is 0 Å². The van der Waals surface area contributed by atoms with Crippen LogP contribution in [0, 0.1) is 0 Å². The third kappa shape index (κ3) is 1700. The summed E-state index contributed by atoms with van der Waals surface area (Å²) in [5.74, 6) is 0. The molecular weight excluding hydrogens is 1250 g/mol. The summed E-state index contributed by atoms with van der Waals surface area (Å²) >= 11 is -29.4. The van der Waals surface area contributed by atoms with E-state index in [1.54, 1.807) is 0 Å². The molecule has 0 bridgehead atoms. The van der Waals surface area contributed by atoms with Gasteiger partial charge < -0.3 is 0 Å². The molecule has 30 heavy (non-hydrogen) atoms. The van der Waals surface area contributed by atoms with Gasteiger partial charge in [-0.2, -0.15) is 0 Å². The largest absolute Gasteiger partial charge is 5.00 e. The fraction of sp³-hybridized carbons (Fsp3) is 0. The van der Waals surface area contributed by atoms with Gasteiger partial charge in [0.1, 0.15) is 0 Å². The molecule has 0 aromatic carbocycles. The van der Waals surface area contributed by atoms with Crippen LogP contribution in [0.1, 0.15) is 0 Å². The molecule has 168 valence electrons. The summed E-state index contributed by atoms with van der Waals surface area (Å²) in [7, 11) is 0. The van der Waals surface area contributed by atoms with Gasteiger partial charge in [0.05, 0.1) is 0 Å². The predicted octanol–water partition coefficient (Wildman–Crippen LogP) is -10.4. The molecule has 0 fully saturated rings. The van der Waals surface area contributed by atoms with Gasteiger partial charge in [0, 0.05) is 0 Å². The molecule has 0 aromatic heterocycles. The Balaban J connectivity index is -0.0000000242. The fourth-order valence-corrected chi connectivity index (χ4v) is 0. The monoisotopic (exact) mass is 1260 g/mol. The summed E-state index contributed by atoms with van der Waals surface area (Å²) in [5.41, 5.74) is 0. The Hall–Kier alpha value is 4.32. The van der Waals surface area contributed by atoms with Crippen molar-refractivity contribution < 1.29 is 225 Å². The van der Waals surface area contributed by atoms with Crippen molar-refractivity contribution in [3.63, 3.8) is 0 Å². The smallest absolute Gasteiger partial charge is 2.00 e. The minimum absolute atomic E-state index is 0. The zero-order valence-electron chi connectivity index (χ0n) is 12.9. The van der Waals surface area contributed by atoms with Crippen LogP contribution >= 0.6 is 0 Å². The van der Waals surface area contributed by atoms with E-state index in [1.165, 1.54) is 0 Å². The van der Waals surface area contributed by atoms with E-state index < -0.39 is 131 Å². The van der Waals surface area contributed by atoms with Crippen molar-refractivity contribution in [2.45, 2.75) is 0 Å². The fourth-order valence-electron chi connectivity index (χ4n) is 0. The Morgan fingerprint density at radius 2 is 0.267 bits per heavy atom. The molecule has 0 N–H and O–H groups in total. The first kappa shape index (κ1) is 59.4. The zero-order valence-corrected chi connectivity index (χ0v) is 34.9. The van der Waals surface area contributed by atoms with E-state index in [0.717, 1.165) is 0 Å². The molecule has 0 aliphatic rings. The first-order chi connectivity index (χ1) is 12.1. The Morgan fingerprint density at radius 3 is 0.267 bits per heavy atom. The van der Waals surface area contributed by atoms with Crippen LogP contribution in [0.15, 0.2) is 0 Å². The summed E-state index contributed by atoms with van der Waals surface area (Å²) in [6.45, 7) is 0. The van der Waals surface area contributed by atoms with Gasteiger partial charge in [-0.25, -0.2) is 0 Å². The Kier molecular flexibility index (Phi) is 108. The first-order valence-corrected chi connectivity index (χ1v) is 22.7. The van der Waals surface area contributed by atoms with Crippen LogP contribution in [-0.2, 0) is 199 Å². The summed E-state index contributed by atoms with van der Waals surface area (Å²) in [4.78, 5) is 0. The molecule has 0 saturated heterocycles. The van der Waals surface area contributed by atoms with Crippen molar-refractivity contribution >= 4 is 45.5 Å². The standard InChI is InChI=1S/7Nb.21O.Sr.Ta/q;;;;;;;;;;;;;;;;;;;;;7*-1;+2;+5. The third-order valence-electron chi connectivity index (χ3n) is 0. The molecule has 0 saturated carbocycles. The summed E-state index contributed by atoms with van der Waals surface area (Å²) < 4.78 is 181. The van der Waals surface area contributed by atoms with E-state index >= 15 is 0 Å². The van der Waals surface area contributed by atoms with Crippen LogP contribution in [0.5, 0.6) is 0 Å². The van der Waals surface area contributed by atoms with E-state index in [-0.39, 0.29) is 67.9 Å². The maximum Gasteiger partial charge on any atom is 5.00 e.